The van der Waals surface area contributed by atoms with Crippen LogP contribution < -0.4 is 32.8 Å². The van der Waals surface area contributed by atoms with E-state index in [9.17, 15) is 18.8 Å². The minimum Gasteiger partial charge on any atom is -0.355 e. The summed E-state index contributed by atoms with van der Waals surface area (Å²) in [5.41, 5.74) is 17.9. The Labute approximate surface area is 256 Å². The fourth-order valence-electron chi connectivity index (χ4n) is 4.36. The molecule has 10 nitrogen and oxygen atoms in total. The number of halogens is 1. The molecule has 43 heavy (non-hydrogen) atoms. The molecule has 3 aromatic carbocycles. The summed E-state index contributed by atoms with van der Waals surface area (Å²) in [4.78, 5) is 38.6. The number of rotatable bonds is 17. The number of likely N-dealkylation sites (N-methyl/N-ethyl adjacent to an activating group) is 1. The third-order valence-electron chi connectivity index (χ3n) is 6.78. The Hall–Kier alpha value is -3.97. The van der Waals surface area contributed by atoms with E-state index in [2.05, 4.69) is 21.4 Å². The van der Waals surface area contributed by atoms with E-state index < -0.39 is 17.9 Å². The number of aryl methyl sites for hydroxylation is 1. The molecule has 12 heteroatoms. The maximum atomic E-state index is 14.8. The summed E-state index contributed by atoms with van der Waals surface area (Å²) in [5.74, 6) is -1.15. The lowest BCUT2D eigenvalue weighted by Gasteiger charge is -2.27. The van der Waals surface area contributed by atoms with Crippen molar-refractivity contribution >= 4 is 35.7 Å². The van der Waals surface area contributed by atoms with Crippen LogP contribution in [0.5, 0.6) is 0 Å². The van der Waals surface area contributed by atoms with Crippen molar-refractivity contribution in [1.29, 1.82) is 0 Å². The lowest BCUT2D eigenvalue weighted by molar-refractivity contribution is -0.134. The van der Waals surface area contributed by atoms with Crippen molar-refractivity contribution in [3.63, 3.8) is 0 Å². The van der Waals surface area contributed by atoms with Gasteiger partial charge in [-0.25, -0.2) is 4.39 Å². The molecule has 0 aliphatic carbocycles. The van der Waals surface area contributed by atoms with Gasteiger partial charge in [0.15, 0.2) is 0 Å². The van der Waals surface area contributed by atoms with E-state index in [0.717, 1.165) is 21.7 Å². The number of hydrogen-bond donors (Lipinski definition) is 6. The fourth-order valence-corrected chi connectivity index (χ4v) is 5.44. The summed E-state index contributed by atoms with van der Waals surface area (Å²) in [6, 6.07) is 18.2. The average molecular weight is 610 g/mol. The molecule has 0 bridgehead atoms. The minimum absolute atomic E-state index is 0.0859. The Morgan fingerprint density at radius 2 is 1.70 bits per heavy atom. The molecule has 8 N–H and O–H groups in total. The summed E-state index contributed by atoms with van der Waals surface area (Å²) >= 11 is 1.25. The quantitative estimate of drug-likeness (QED) is 0.101. The summed E-state index contributed by atoms with van der Waals surface area (Å²) in [6.07, 6.45) is 1.60. The fraction of sp³-hybridized carbons (Fsp3) is 0.323. The van der Waals surface area contributed by atoms with Gasteiger partial charge in [-0.05, 0) is 61.2 Å². The lowest BCUT2D eigenvalue weighted by Crippen LogP contribution is -2.56. The molecule has 230 valence electrons. The first kappa shape index (κ1) is 33.5. The molecular weight excluding hydrogens is 569 g/mol. The molecule has 3 rings (SSSR count). The number of nitrogens with two attached hydrogens (primary N) is 2. The molecule has 0 saturated carbocycles. The molecule has 0 unspecified atom stereocenters. The number of carbonyl (C=O) groups is 3. The SMILES string of the molecule is Cc1ccccc1NN(C)C(=O)[C@H](CN)NC(=O)[C@H](CCCN)NCc1ccccc1Sc1c(F)cccc1CNC=O. The molecule has 0 radical (unpaired) electrons. The van der Waals surface area contributed by atoms with Crippen LogP contribution in [0.2, 0.25) is 0 Å². The van der Waals surface area contributed by atoms with Crippen LogP contribution in [0.4, 0.5) is 10.1 Å². The van der Waals surface area contributed by atoms with Crippen molar-refractivity contribution < 1.29 is 18.8 Å². The first-order chi connectivity index (χ1) is 20.8. The van der Waals surface area contributed by atoms with Crippen LogP contribution in [0.25, 0.3) is 0 Å². The van der Waals surface area contributed by atoms with Crippen molar-refractivity contribution in [1.82, 2.24) is 21.0 Å². The standard InChI is InChI=1S/C31H40FN7O3S/c1-21-9-3-5-13-25(21)38-39(2)31(42)27(17-34)37-30(41)26(14-8-16-33)36-19-22-10-4-6-15-28(22)43-29-23(18-35-20-40)11-7-12-24(29)32/h3-7,9-13,15,20,26-27,36,38H,8,14,16-19,33-34H2,1-2H3,(H,35,40)(H,37,41)/t26-,27-/m0/s1. The maximum absolute atomic E-state index is 14.8. The number of carbonyl (C=O) groups excluding carboxylic acids is 3. The van der Waals surface area contributed by atoms with Crippen molar-refractivity contribution in [3.05, 3.63) is 89.2 Å². The molecule has 0 saturated heterocycles. The van der Waals surface area contributed by atoms with Gasteiger partial charge in [0.1, 0.15) is 11.9 Å². The van der Waals surface area contributed by atoms with Crippen molar-refractivity contribution in [2.45, 2.75) is 54.7 Å². The second-order valence-electron chi connectivity index (χ2n) is 9.92. The molecule has 0 aliphatic rings. The topological polar surface area (TPSA) is 155 Å². The molecule has 0 spiro atoms. The molecule has 3 amide bonds. The highest BCUT2D eigenvalue weighted by molar-refractivity contribution is 7.99. The molecule has 2 atom stereocenters. The highest BCUT2D eigenvalue weighted by Crippen LogP contribution is 2.35. The summed E-state index contributed by atoms with van der Waals surface area (Å²) in [7, 11) is 1.58. The molecule has 3 aromatic rings. The van der Waals surface area contributed by atoms with Gasteiger partial charge in [0.05, 0.1) is 16.6 Å². The van der Waals surface area contributed by atoms with Crippen LogP contribution in [-0.4, -0.2) is 55.5 Å². The van der Waals surface area contributed by atoms with E-state index in [1.165, 1.54) is 22.8 Å². The van der Waals surface area contributed by atoms with Gasteiger partial charge in [0.2, 0.25) is 12.3 Å². The monoisotopic (exact) mass is 609 g/mol. The molecule has 0 heterocycles. The smallest absolute Gasteiger partial charge is 0.264 e. The highest BCUT2D eigenvalue weighted by atomic mass is 32.2. The number of nitrogens with one attached hydrogen (secondary N) is 4. The van der Waals surface area contributed by atoms with E-state index >= 15 is 0 Å². The van der Waals surface area contributed by atoms with Crippen LogP contribution >= 0.6 is 11.8 Å². The normalized spacial score (nSPS) is 12.2. The number of amides is 3. The number of para-hydroxylation sites is 1. The largest absolute Gasteiger partial charge is 0.355 e. The number of hydrogen-bond acceptors (Lipinski definition) is 8. The zero-order valence-corrected chi connectivity index (χ0v) is 25.3. The van der Waals surface area contributed by atoms with Gasteiger partial charge in [-0.1, -0.05) is 60.3 Å². The Kier molecular flexibility index (Phi) is 13.4. The number of hydrazine groups is 1. The molecular formula is C31H40FN7O3S. The summed E-state index contributed by atoms with van der Waals surface area (Å²) < 4.78 is 14.8. The third kappa shape index (κ3) is 9.79. The zero-order chi connectivity index (χ0) is 31.2. The van der Waals surface area contributed by atoms with E-state index in [1.54, 1.807) is 19.2 Å². The van der Waals surface area contributed by atoms with Crippen LogP contribution in [0.3, 0.4) is 0 Å². The van der Waals surface area contributed by atoms with Gasteiger partial charge in [0.25, 0.3) is 5.91 Å². The first-order valence-corrected chi connectivity index (χ1v) is 14.8. The van der Waals surface area contributed by atoms with E-state index in [4.69, 9.17) is 11.5 Å². The predicted octanol–water partition coefficient (Wildman–Crippen LogP) is 2.66. The van der Waals surface area contributed by atoms with Crippen LogP contribution in [0, 0.1) is 12.7 Å². The van der Waals surface area contributed by atoms with Crippen molar-refractivity contribution in [2.24, 2.45) is 11.5 Å². The number of anilines is 1. The molecule has 0 aliphatic heterocycles. The first-order valence-electron chi connectivity index (χ1n) is 14.0. The highest BCUT2D eigenvalue weighted by Gasteiger charge is 2.27. The van der Waals surface area contributed by atoms with E-state index in [-0.39, 0.29) is 24.9 Å². The third-order valence-corrected chi connectivity index (χ3v) is 8.05. The van der Waals surface area contributed by atoms with Gasteiger partial charge in [0, 0.05) is 31.6 Å². The van der Waals surface area contributed by atoms with Crippen molar-refractivity contribution in [3.8, 4) is 0 Å². The second kappa shape index (κ2) is 17.2. The van der Waals surface area contributed by atoms with Gasteiger partial charge < -0.3 is 27.4 Å². The molecule has 0 fully saturated rings. The number of benzene rings is 3. The summed E-state index contributed by atoms with van der Waals surface area (Å²) in [6.45, 7) is 2.73. The molecule has 0 aromatic heterocycles. The van der Waals surface area contributed by atoms with Crippen LogP contribution in [0.1, 0.15) is 29.5 Å². The van der Waals surface area contributed by atoms with Crippen LogP contribution in [-0.2, 0) is 27.5 Å². The second-order valence-corrected chi connectivity index (χ2v) is 11.0. The van der Waals surface area contributed by atoms with Gasteiger partial charge in [-0.15, -0.1) is 0 Å². The lowest BCUT2D eigenvalue weighted by atomic mass is 10.1. The Morgan fingerprint density at radius 3 is 2.42 bits per heavy atom. The maximum Gasteiger partial charge on any atom is 0.264 e. The van der Waals surface area contributed by atoms with Gasteiger partial charge in [-0.3, -0.25) is 24.8 Å². The number of nitrogens with zero attached hydrogens (tertiary/aromatic N) is 1. The van der Waals surface area contributed by atoms with E-state index in [1.807, 2.05) is 55.5 Å². The van der Waals surface area contributed by atoms with Gasteiger partial charge >= 0.3 is 0 Å². The van der Waals surface area contributed by atoms with Gasteiger partial charge in [-0.2, -0.15) is 0 Å². The van der Waals surface area contributed by atoms with Crippen LogP contribution in [0.15, 0.2) is 76.5 Å². The zero-order valence-electron chi connectivity index (χ0n) is 24.4. The predicted molar refractivity (Wildman–Crippen MR) is 167 cm³/mol. The Balaban J connectivity index is 1.71. The summed E-state index contributed by atoms with van der Waals surface area (Å²) in [5, 5.41) is 9.99. The minimum atomic E-state index is -0.946. The average Bonchev–Trinajstić information content (AvgIpc) is 3.01. The Morgan fingerprint density at radius 1 is 0.977 bits per heavy atom. The van der Waals surface area contributed by atoms with Crippen molar-refractivity contribution in [2.75, 3.05) is 25.6 Å². The van der Waals surface area contributed by atoms with E-state index in [0.29, 0.717) is 42.8 Å². The Bertz CT molecular complexity index is 1380.